The number of carbonyl (C=O) groups is 3. The highest BCUT2D eigenvalue weighted by atomic mass is 32.2. The quantitative estimate of drug-likeness (QED) is 0.351. The summed E-state index contributed by atoms with van der Waals surface area (Å²) in [5, 5.41) is 6.15. The van der Waals surface area contributed by atoms with Crippen LogP contribution in [0.2, 0.25) is 0 Å². The number of piperidine rings is 1. The minimum absolute atomic E-state index is 0.0297. The van der Waals surface area contributed by atoms with Gasteiger partial charge >= 0.3 is 6.03 Å². The molecule has 2 heterocycles. The van der Waals surface area contributed by atoms with E-state index in [2.05, 4.69) is 15.5 Å². The minimum atomic E-state index is -3.33. The van der Waals surface area contributed by atoms with Crippen molar-refractivity contribution in [3.8, 4) is 0 Å². The lowest BCUT2D eigenvalue weighted by Crippen LogP contribution is -2.55. The van der Waals surface area contributed by atoms with Crippen molar-refractivity contribution < 1.29 is 22.8 Å². The molecule has 220 valence electrons. The molecular weight excluding hydrogens is 552 g/mol. The topological polar surface area (TPSA) is 116 Å². The van der Waals surface area contributed by atoms with E-state index in [4.69, 9.17) is 0 Å². The Balaban J connectivity index is 1.17. The van der Waals surface area contributed by atoms with Gasteiger partial charge in [0.05, 0.1) is 23.9 Å². The van der Waals surface area contributed by atoms with Crippen molar-refractivity contribution >= 4 is 27.7 Å². The Morgan fingerprint density at radius 1 is 0.905 bits per heavy atom. The predicted molar refractivity (Wildman–Crippen MR) is 159 cm³/mol. The molecule has 2 saturated heterocycles. The maximum Gasteiger partial charge on any atom is 0.325 e. The van der Waals surface area contributed by atoms with Gasteiger partial charge in [0.25, 0.3) is 5.91 Å². The standard InChI is InChI=1S/C32H36N4O5S/c1-42(40,41)27-14-12-25(13-15-27)23-36-30(38)32(34-31(36)39)17-20-35(21-18-32)19-16-28(26-10-6-3-7-11-26)33-29(37)22-24-8-4-2-5-9-24/h2-15,28H,16-23H2,1H3,(H,33,37)(H,34,39). The monoisotopic (exact) mass is 588 g/mol. The number of benzene rings is 3. The summed E-state index contributed by atoms with van der Waals surface area (Å²) in [6, 6.07) is 25.3. The molecule has 0 aromatic heterocycles. The third kappa shape index (κ3) is 6.88. The van der Waals surface area contributed by atoms with Gasteiger partial charge in [-0.1, -0.05) is 72.8 Å². The van der Waals surface area contributed by atoms with Gasteiger partial charge < -0.3 is 15.5 Å². The highest BCUT2D eigenvalue weighted by Crippen LogP contribution is 2.31. The third-order valence-electron chi connectivity index (χ3n) is 8.13. The number of nitrogens with one attached hydrogen (secondary N) is 2. The van der Waals surface area contributed by atoms with Gasteiger partial charge in [-0.15, -0.1) is 0 Å². The van der Waals surface area contributed by atoms with Crippen molar-refractivity contribution in [2.24, 2.45) is 0 Å². The molecule has 1 spiro atoms. The lowest BCUT2D eigenvalue weighted by molar-refractivity contribution is -0.133. The van der Waals surface area contributed by atoms with Crippen LogP contribution in [-0.2, 0) is 32.4 Å². The summed E-state index contributed by atoms with van der Waals surface area (Å²) in [5.74, 6) is -0.271. The van der Waals surface area contributed by atoms with Crippen molar-refractivity contribution in [1.82, 2.24) is 20.4 Å². The van der Waals surface area contributed by atoms with Crippen molar-refractivity contribution in [1.29, 1.82) is 0 Å². The number of likely N-dealkylation sites (tertiary alicyclic amines) is 1. The average molecular weight is 589 g/mol. The molecule has 0 radical (unpaired) electrons. The van der Waals surface area contributed by atoms with E-state index in [9.17, 15) is 22.8 Å². The van der Waals surface area contributed by atoms with Crippen molar-refractivity contribution in [2.75, 3.05) is 25.9 Å². The number of amides is 4. The number of sulfone groups is 1. The Morgan fingerprint density at radius 2 is 1.52 bits per heavy atom. The molecule has 10 heteroatoms. The van der Waals surface area contributed by atoms with E-state index in [1.54, 1.807) is 12.1 Å². The van der Waals surface area contributed by atoms with Crippen LogP contribution in [-0.4, -0.2) is 67.5 Å². The van der Waals surface area contributed by atoms with Gasteiger partial charge in [-0.05, 0) is 48.1 Å². The second kappa shape index (κ2) is 12.5. The highest BCUT2D eigenvalue weighted by molar-refractivity contribution is 7.90. The normalized spacial score (nSPS) is 17.7. The molecule has 2 aliphatic heterocycles. The summed E-state index contributed by atoms with van der Waals surface area (Å²) in [4.78, 5) is 42.8. The molecule has 2 N–H and O–H groups in total. The third-order valence-corrected chi connectivity index (χ3v) is 9.25. The number of urea groups is 1. The molecule has 2 aliphatic rings. The summed E-state index contributed by atoms with van der Waals surface area (Å²) in [6.07, 6.45) is 3.17. The maximum absolute atomic E-state index is 13.4. The first kappa shape index (κ1) is 29.5. The summed E-state index contributed by atoms with van der Waals surface area (Å²) < 4.78 is 23.5. The Labute approximate surface area is 246 Å². The molecule has 3 aromatic carbocycles. The van der Waals surface area contributed by atoms with Crippen LogP contribution >= 0.6 is 0 Å². The zero-order chi connectivity index (χ0) is 29.7. The van der Waals surface area contributed by atoms with Crippen LogP contribution in [0, 0.1) is 0 Å². The maximum atomic E-state index is 13.4. The van der Waals surface area contributed by atoms with Crippen LogP contribution in [0.15, 0.2) is 89.8 Å². The summed E-state index contributed by atoms with van der Waals surface area (Å²) in [5.41, 5.74) is 1.77. The second-order valence-corrected chi connectivity index (χ2v) is 13.2. The molecule has 3 aromatic rings. The Morgan fingerprint density at radius 3 is 2.14 bits per heavy atom. The smallest absolute Gasteiger partial charge is 0.325 e. The van der Waals surface area contributed by atoms with Crippen molar-refractivity contribution in [2.45, 2.75) is 48.7 Å². The van der Waals surface area contributed by atoms with E-state index in [0.717, 1.165) is 23.9 Å². The SMILES string of the molecule is CS(=O)(=O)c1ccc(CN2C(=O)NC3(CCN(CCC(NC(=O)Cc4ccccc4)c4ccccc4)CC3)C2=O)cc1. The molecule has 0 aliphatic carbocycles. The van der Waals surface area contributed by atoms with Crippen LogP contribution in [0.25, 0.3) is 0 Å². The van der Waals surface area contributed by atoms with E-state index < -0.39 is 21.4 Å². The number of hydrogen-bond acceptors (Lipinski definition) is 6. The molecular formula is C32H36N4O5S. The molecule has 9 nitrogen and oxygen atoms in total. The zero-order valence-corrected chi connectivity index (χ0v) is 24.5. The fourth-order valence-corrected chi connectivity index (χ4v) is 6.32. The Bertz CT molecular complexity index is 1520. The summed E-state index contributed by atoms with van der Waals surface area (Å²) in [7, 11) is -3.33. The number of rotatable bonds is 10. The molecule has 0 bridgehead atoms. The molecule has 0 saturated carbocycles. The predicted octanol–water partition coefficient (Wildman–Crippen LogP) is 3.47. The van der Waals surface area contributed by atoms with Gasteiger partial charge in [-0.25, -0.2) is 13.2 Å². The van der Waals surface area contributed by atoms with Crippen LogP contribution in [0.4, 0.5) is 4.79 Å². The minimum Gasteiger partial charge on any atom is -0.349 e. The molecule has 4 amide bonds. The summed E-state index contributed by atoms with van der Waals surface area (Å²) >= 11 is 0. The molecule has 1 unspecified atom stereocenters. The Hall–Kier alpha value is -4.02. The first-order chi connectivity index (χ1) is 20.1. The van der Waals surface area contributed by atoms with Gasteiger partial charge in [0.1, 0.15) is 5.54 Å². The van der Waals surface area contributed by atoms with Crippen LogP contribution in [0.5, 0.6) is 0 Å². The van der Waals surface area contributed by atoms with Crippen molar-refractivity contribution in [3.05, 3.63) is 102 Å². The molecule has 2 fully saturated rings. The van der Waals surface area contributed by atoms with Gasteiger partial charge in [0, 0.05) is 25.9 Å². The fraction of sp³-hybridized carbons (Fsp3) is 0.344. The number of imide groups is 1. The van der Waals surface area contributed by atoms with E-state index in [1.807, 2.05) is 60.7 Å². The largest absolute Gasteiger partial charge is 0.349 e. The van der Waals surface area contributed by atoms with E-state index in [1.165, 1.54) is 17.0 Å². The van der Waals surface area contributed by atoms with Gasteiger partial charge in [0.15, 0.2) is 9.84 Å². The van der Waals surface area contributed by atoms with Crippen LogP contribution in [0.3, 0.4) is 0 Å². The first-order valence-electron chi connectivity index (χ1n) is 14.2. The first-order valence-corrected chi connectivity index (χ1v) is 16.1. The second-order valence-electron chi connectivity index (χ2n) is 11.1. The highest BCUT2D eigenvalue weighted by Gasteiger charge is 2.52. The van der Waals surface area contributed by atoms with Crippen LogP contribution < -0.4 is 10.6 Å². The lowest BCUT2D eigenvalue weighted by Gasteiger charge is -2.37. The van der Waals surface area contributed by atoms with E-state index >= 15 is 0 Å². The number of nitrogens with zero attached hydrogens (tertiary/aromatic N) is 2. The number of carbonyl (C=O) groups excluding carboxylic acids is 3. The average Bonchev–Trinajstić information content (AvgIpc) is 3.20. The lowest BCUT2D eigenvalue weighted by atomic mass is 9.87. The van der Waals surface area contributed by atoms with E-state index in [-0.39, 0.29) is 29.3 Å². The van der Waals surface area contributed by atoms with Crippen molar-refractivity contribution in [3.63, 3.8) is 0 Å². The van der Waals surface area contributed by atoms with Gasteiger partial charge in [0.2, 0.25) is 5.91 Å². The number of hydrogen-bond donors (Lipinski definition) is 2. The van der Waals surface area contributed by atoms with Crippen LogP contribution in [0.1, 0.15) is 42.0 Å². The molecule has 42 heavy (non-hydrogen) atoms. The zero-order valence-electron chi connectivity index (χ0n) is 23.7. The molecule has 5 rings (SSSR count). The molecule has 1 atom stereocenters. The fourth-order valence-electron chi connectivity index (χ4n) is 5.69. The Kier molecular flexibility index (Phi) is 8.74. The summed E-state index contributed by atoms with van der Waals surface area (Å²) in [6.45, 7) is 2.10. The van der Waals surface area contributed by atoms with E-state index in [0.29, 0.717) is 44.3 Å². The van der Waals surface area contributed by atoms with Gasteiger partial charge in [-0.3, -0.25) is 14.5 Å². The van der Waals surface area contributed by atoms with Gasteiger partial charge in [-0.2, -0.15) is 0 Å².